The summed E-state index contributed by atoms with van der Waals surface area (Å²) in [6.07, 6.45) is 7.12. The molecule has 28 heavy (non-hydrogen) atoms. The molecule has 1 saturated heterocycles. The number of aromatic nitrogens is 1. The highest BCUT2D eigenvalue weighted by atomic mass is 16.6. The van der Waals surface area contributed by atoms with Gasteiger partial charge in [0.15, 0.2) is 0 Å². The second-order valence-electron chi connectivity index (χ2n) is 6.51. The lowest BCUT2D eigenvalue weighted by molar-refractivity contribution is -0.384. The lowest BCUT2D eigenvalue weighted by Gasteiger charge is -2.22. The van der Waals surface area contributed by atoms with Crippen molar-refractivity contribution in [1.29, 1.82) is 0 Å². The minimum absolute atomic E-state index is 0.0975. The molecule has 1 aliphatic rings. The van der Waals surface area contributed by atoms with Crippen molar-refractivity contribution in [2.45, 2.75) is 25.7 Å². The van der Waals surface area contributed by atoms with Gasteiger partial charge in [-0.2, -0.15) is 0 Å². The molecule has 2 amide bonds. The van der Waals surface area contributed by atoms with Crippen molar-refractivity contribution in [2.24, 2.45) is 0 Å². The second-order valence-corrected chi connectivity index (χ2v) is 6.51. The number of amides is 2. The fourth-order valence-corrected chi connectivity index (χ4v) is 3.15. The lowest BCUT2D eigenvalue weighted by atomic mass is 10.1. The molecule has 1 aromatic carbocycles. The largest absolute Gasteiger partial charge is 0.366 e. The van der Waals surface area contributed by atoms with Crippen molar-refractivity contribution in [3.05, 3.63) is 64.0 Å². The van der Waals surface area contributed by atoms with Gasteiger partial charge < -0.3 is 4.90 Å². The molecule has 0 aliphatic carbocycles. The summed E-state index contributed by atoms with van der Waals surface area (Å²) in [5.41, 5.74) is 5.39. The van der Waals surface area contributed by atoms with Crippen LogP contribution in [0.2, 0.25) is 0 Å². The number of nitro groups is 1. The van der Waals surface area contributed by atoms with E-state index in [4.69, 9.17) is 0 Å². The first-order chi connectivity index (χ1) is 13.6. The fourth-order valence-electron chi connectivity index (χ4n) is 3.15. The van der Waals surface area contributed by atoms with Crippen LogP contribution in [-0.2, 0) is 0 Å². The molecule has 1 fully saturated rings. The van der Waals surface area contributed by atoms with E-state index in [1.165, 1.54) is 36.7 Å². The van der Waals surface area contributed by atoms with E-state index >= 15 is 0 Å². The molecular formula is C19H21N5O4. The summed E-state index contributed by atoms with van der Waals surface area (Å²) in [6.45, 7) is 1.52. The molecule has 0 bridgehead atoms. The number of nitrogens with one attached hydrogen (secondary N) is 2. The molecular weight excluding hydrogens is 362 g/mol. The van der Waals surface area contributed by atoms with Crippen molar-refractivity contribution < 1.29 is 14.5 Å². The third kappa shape index (κ3) is 4.61. The molecule has 146 valence electrons. The molecule has 1 aliphatic heterocycles. The van der Waals surface area contributed by atoms with Crippen molar-refractivity contribution in [3.8, 4) is 0 Å². The highest BCUT2D eigenvalue weighted by molar-refractivity contribution is 5.99. The zero-order valence-corrected chi connectivity index (χ0v) is 15.3. The first-order valence-electron chi connectivity index (χ1n) is 9.10. The van der Waals surface area contributed by atoms with Gasteiger partial charge >= 0.3 is 0 Å². The molecule has 2 heterocycles. The lowest BCUT2D eigenvalue weighted by Crippen LogP contribution is -2.41. The second kappa shape index (κ2) is 8.94. The van der Waals surface area contributed by atoms with Gasteiger partial charge in [0.25, 0.3) is 17.5 Å². The fraction of sp³-hybridized carbons (Fsp3) is 0.316. The quantitative estimate of drug-likeness (QED) is 0.618. The smallest absolute Gasteiger partial charge is 0.293 e. The third-order valence-electron chi connectivity index (χ3n) is 4.61. The zero-order valence-electron chi connectivity index (χ0n) is 15.3. The number of pyridine rings is 1. The van der Waals surface area contributed by atoms with Crippen LogP contribution in [0.4, 0.5) is 11.4 Å². The highest BCUT2D eigenvalue weighted by Gasteiger charge is 2.22. The maximum atomic E-state index is 12.3. The number of hydrogen-bond donors (Lipinski definition) is 2. The molecule has 3 rings (SSSR count). The van der Waals surface area contributed by atoms with Crippen LogP contribution >= 0.6 is 0 Å². The van der Waals surface area contributed by atoms with E-state index in [1.54, 1.807) is 6.07 Å². The minimum Gasteiger partial charge on any atom is -0.366 e. The monoisotopic (exact) mass is 383 g/mol. The molecule has 0 spiro atoms. The number of nitro benzene ring substituents is 1. The summed E-state index contributed by atoms with van der Waals surface area (Å²) in [5, 5.41) is 11.5. The summed E-state index contributed by atoms with van der Waals surface area (Å²) in [6, 6.07) is 7.38. The van der Waals surface area contributed by atoms with E-state index in [9.17, 15) is 19.7 Å². The van der Waals surface area contributed by atoms with Gasteiger partial charge in [0.05, 0.1) is 4.92 Å². The Bertz CT molecular complexity index is 864. The average Bonchev–Trinajstić information content (AvgIpc) is 3.01. The number of carbonyl (C=O) groups excluding carboxylic acids is 2. The molecule has 2 aromatic rings. The number of rotatable bonds is 4. The van der Waals surface area contributed by atoms with Gasteiger partial charge in [-0.05, 0) is 37.1 Å². The van der Waals surface area contributed by atoms with E-state index in [2.05, 4.69) is 15.8 Å². The van der Waals surface area contributed by atoms with E-state index in [1.807, 2.05) is 4.90 Å². The topological polar surface area (TPSA) is 117 Å². The van der Waals surface area contributed by atoms with Crippen LogP contribution in [0.3, 0.4) is 0 Å². The van der Waals surface area contributed by atoms with Crippen molar-refractivity contribution in [2.75, 3.05) is 18.0 Å². The van der Waals surface area contributed by atoms with Crippen molar-refractivity contribution in [1.82, 2.24) is 15.8 Å². The Hall–Kier alpha value is -3.49. The number of nitrogens with zero attached hydrogens (tertiary/aromatic N) is 3. The normalized spacial score (nSPS) is 14.1. The number of benzene rings is 1. The van der Waals surface area contributed by atoms with Crippen LogP contribution in [-0.4, -0.2) is 34.8 Å². The van der Waals surface area contributed by atoms with Crippen LogP contribution in [0.15, 0.2) is 42.7 Å². The summed E-state index contributed by atoms with van der Waals surface area (Å²) >= 11 is 0. The maximum absolute atomic E-state index is 12.3. The minimum atomic E-state index is -0.632. The average molecular weight is 383 g/mol. The molecule has 0 unspecified atom stereocenters. The summed E-state index contributed by atoms with van der Waals surface area (Å²) < 4.78 is 0. The zero-order chi connectivity index (χ0) is 19.9. The predicted octanol–water partition coefficient (Wildman–Crippen LogP) is 2.45. The highest BCUT2D eigenvalue weighted by Crippen LogP contribution is 2.31. The predicted molar refractivity (Wildman–Crippen MR) is 103 cm³/mol. The Kier molecular flexibility index (Phi) is 6.15. The van der Waals surface area contributed by atoms with Gasteiger partial charge in [0, 0.05) is 42.7 Å². The number of hydrazine groups is 1. The molecule has 0 radical (unpaired) electrons. The van der Waals surface area contributed by atoms with Gasteiger partial charge in [0.1, 0.15) is 5.69 Å². The van der Waals surface area contributed by atoms with E-state index < -0.39 is 16.7 Å². The first kappa shape index (κ1) is 19.3. The van der Waals surface area contributed by atoms with Gasteiger partial charge in [0.2, 0.25) is 0 Å². The van der Waals surface area contributed by atoms with Crippen LogP contribution in [0.25, 0.3) is 0 Å². The van der Waals surface area contributed by atoms with Gasteiger partial charge in [-0.15, -0.1) is 0 Å². The Balaban J connectivity index is 1.72. The molecule has 9 nitrogen and oxygen atoms in total. The third-order valence-corrected chi connectivity index (χ3v) is 4.61. The Morgan fingerprint density at radius 1 is 0.929 bits per heavy atom. The molecule has 0 atom stereocenters. The van der Waals surface area contributed by atoms with Crippen molar-refractivity contribution >= 4 is 23.2 Å². The summed E-state index contributed by atoms with van der Waals surface area (Å²) in [5.74, 6) is -1.14. The molecule has 2 N–H and O–H groups in total. The van der Waals surface area contributed by atoms with Crippen LogP contribution in [0, 0.1) is 10.1 Å². The Morgan fingerprint density at radius 2 is 1.54 bits per heavy atom. The standard InChI is InChI=1S/C19H21N5O4/c25-18(14-7-9-20-10-8-14)21-22-19(26)15-5-6-16(17(13-15)24(27)28)23-11-3-1-2-4-12-23/h5-10,13H,1-4,11-12H2,(H,21,25)(H,22,26). The Labute approximate surface area is 161 Å². The molecule has 9 heteroatoms. The van der Waals surface area contributed by atoms with Crippen LogP contribution < -0.4 is 15.8 Å². The number of carbonyl (C=O) groups is 2. The van der Waals surface area contributed by atoms with E-state index in [0.717, 1.165) is 38.8 Å². The SMILES string of the molecule is O=C(NNC(=O)c1ccc(N2CCCCCC2)c([N+](=O)[O-])c1)c1ccncc1. The summed E-state index contributed by atoms with van der Waals surface area (Å²) in [7, 11) is 0. The van der Waals surface area contributed by atoms with Crippen LogP contribution in [0.1, 0.15) is 46.4 Å². The number of anilines is 1. The van der Waals surface area contributed by atoms with Crippen molar-refractivity contribution in [3.63, 3.8) is 0 Å². The van der Waals surface area contributed by atoms with E-state index in [0.29, 0.717) is 11.3 Å². The van der Waals surface area contributed by atoms with Gasteiger partial charge in [-0.25, -0.2) is 0 Å². The Morgan fingerprint density at radius 3 is 2.14 bits per heavy atom. The first-order valence-corrected chi connectivity index (χ1v) is 9.10. The van der Waals surface area contributed by atoms with Crippen LogP contribution in [0.5, 0.6) is 0 Å². The molecule has 0 saturated carbocycles. The molecule has 1 aromatic heterocycles. The van der Waals surface area contributed by atoms with E-state index in [-0.39, 0.29) is 11.3 Å². The summed E-state index contributed by atoms with van der Waals surface area (Å²) in [4.78, 5) is 41.2. The maximum Gasteiger partial charge on any atom is 0.293 e. The van der Waals surface area contributed by atoms with Gasteiger partial charge in [-0.1, -0.05) is 12.8 Å². The van der Waals surface area contributed by atoms with Gasteiger partial charge in [-0.3, -0.25) is 35.5 Å². The number of hydrogen-bond acceptors (Lipinski definition) is 6.